The van der Waals surface area contributed by atoms with E-state index in [0.717, 1.165) is 0 Å². The predicted molar refractivity (Wildman–Crippen MR) is 97.4 cm³/mol. The lowest BCUT2D eigenvalue weighted by Crippen LogP contribution is -2.50. The van der Waals surface area contributed by atoms with Crippen LogP contribution in [0.3, 0.4) is 0 Å². The summed E-state index contributed by atoms with van der Waals surface area (Å²) in [6, 6.07) is 7.78. The molecule has 0 saturated carbocycles. The molecule has 146 valence electrons. The van der Waals surface area contributed by atoms with Gasteiger partial charge in [-0.25, -0.2) is 4.39 Å². The number of halogens is 1. The van der Waals surface area contributed by atoms with Crippen LogP contribution in [0.25, 0.3) is 11.3 Å². The van der Waals surface area contributed by atoms with Gasteiger partial charge in [0.05, 0.1) is 18.1 Å². The van der Waals surface area contributed by atoms with Crippen molar-refractivity contribution in [2.24, 2.45) is 5.41 Å². The minimum absolute atomic E-state index is 0.103. The number of ether oxygens (including phenoxy) is 1. The van der Waals surface area contributed by atoms with E-state index in [1.54, 1.807) is 24.3 Å². The summed E-state index contributed by atoms with van der Waals surface area (Å²) >= 11 is 0. The molecule has 1 fully saturated rings. The van der Waals surface area contributed by atoms with Crippen molar-refractivity contribution in [3.8, 4) is 11.3 Å². The van der Waals surface area contributed by atoms with Crippen LogP contribution in [-0.4, -0.2) is 42.0 Å². The SMILES string of the molecule is CCC(CO)NC(=O)C1(Cc2cc(-c3ccccc3F)no2)CCOCC1. The minimum atomic E-state index is -0.688. The minimum Gasteiger partial charge on any atom is -0.394 e. The molecule has 2 N–H and O–H groups in total. The lowest BCUT2D eigenvalue weighted by molar-refractivity contribution is -0.138. The quantitative estimate of drug-likeness (QED) is 0.776. The second-order valence-corrected chi connectivity index (χ2v) is 6.99. The molecular weight excluding hydrogens is 351 g/mol. The molecule has 7 heteroatoms. The Labute approximate surface area is 157 Å². The normalized spacial score (nSPS) is 17.4. The molecule has 1 aliphatic rings. The van der Waals surface area contributed by atoms with E-state index in [4.69, 9.17) is 9.26 Å². The average molecular weight is 376 g/mol. The smallest absolute Gasteiger partial charge is 0.227 e. The Balaban J connectivity index is 1.81. The van der Waals surface area contributed by atoms with Crippen LogP contribution in [0.2, 0.25) is 0 Å². The molecule has 1 saturated heterocycles. The highest BCUT2D eigenvalue weighted by Crippen LogP contribution is 2.36. The van der Waals surface area contributed by atoms with E-state index in [-0.39, 0.29) is 24.4 Å². The first-order valence-electron chi connectivity index (χ1n) is 9.28. The van der Waals surface area contributed by atoms with Gasteiger partial charge in [-0.3, -0.25) is 4.79 Å². The second-order valence-electron chi connectivity index (χ2n) is 6.99. The number of aliphatic hydroxyl groups is 1. The highest BCUT2D eigenvalue weighted by Gasteiger charge is 2.41. The standard InChI is InChI=1S/C20H25FN2O4/c1-2-14(13-24)22-19(25)20(7-9-26-10-8-20)12-15-11-18(23-27-15)16-5-3-4-6-17(16)21/h3-6,11,14,24H,2,7-10,12-13H2,1H3,(H,22,25). The number of amides is 1. The predicted octanol–water partition coefficient (Wildman–Crippen LogP) is 2.71. The van der Waals surface area contributed by atoms with Gasteiger partial charge in [-0.15, -0.1) is 0 Å². The van der Waals surface area contributed by atoms with Gasteiger partial charge in [0.1, 0.15) is 17.3 Å². The van der Waals surface area contributed by atoms with Crippen molar-refractivity contribution >= 4 is 5.91 Å². The van der Waals surface area contributed by atoms with Crippen LogP contribution in [0.1, 0.15) is 31.9 Å². The van der Waals surface area contributed by atoms with Crippen LogP contribution in [0.15, 0.2) is 34.9 Å². The number of nitrogens with one attached hydrogen (secondary N) is 1. The number of aliphatic hydroxyl groups excluding tert-OH is 1. The Hall–Kier alpha value is -2.25. The van der Waals surface area contributed by atoms with Crippen LogP contribution >= 0.6 is 0 Å². The van der Waals surface area contributed by atoms with Gasteiger partial charge in [-0.1, -0.05) is 24.2 Å². The van der Waals surface area contributed by atoms with Crippen molar-refractivity contribution in [1.82, 2.24) is 10.5 Å². The number of rotatable bonds is 7. The zero-order valence-corrected chi connectivity index (χ0v) is 15.4. The van der Waals surface area contributed by atoms with Gasteiger partial charge >= 0.3 is 0 Å². The summed E-state index contributed by atoms with van der Waals surface area (Å²) in [4.78, 5) is 13.0. The molecule has 0 spiro atoms. The Morgan fingerprint density at radius 2 is 2.11 bits per heavy atom. The fourth-order valence-electron chi connectivity index (χ4n) is 3.39. The first kappa shape index (κ1) is 19.5. The first-order valence-corrected chi connectivity index (χ1v) is 9.28. The van der Waals surface area contributed by atoms with Crippen molar-refractivity contribution < 1.29 is 23.6 Å². The first-order chi connectivity index (χ1) is 13.1. The summed E-state index contributed by atoms with van der Waals surface area (Å²) < 4.78 is 24.8. The highest BCUT2D eigenvalue weighted by molar-refractivity contribution is 5.83. The van der Waals surface area contributed by atoms with E-state index in [1.807, 2.05) is 6.92 Å². The van der Waals surface area contributed by atoms with E-state index in [1.165, 1.54) is 6.07 Å². The number of carbonyl (C=O) groups is 1. The molecule has 1 aromatic carbocycles. The Kier molecular flexibility index (Phi) is 6.23. The molecule has 2 aromatic rings. The molecule has 27 heavy (non-hydrogen) atoms. The second kappa shape index (κ2) is 8.63. The third-order valence-electron chi connectivity index (χ3n) is 5.20. The van der Waals surface area contributed by atoms with Gasteiger partial charge in [0, 0.05) is 31.3 Å². The van der Waals surface area contributed by atoms with Crippen LogP contribution in [-0.2, 0) is 16.0 Å². The average Bonchev–Trinajstić information content (AvgIpc) is 3.15. The topological polar surface area (TPSA) is 84.6 Å². The molecule has 6 nitrogen and oxygen atoms in total. The van der Waals surface area contributed by atoms with Gasteiger partial charge < -0.3 is 19.7 Å². The fourth-order valence-corrected chi connectivity index (χ4v) is 3.39. The summed E-state index contributed by atoms with van der Waals surface area (Å²) in [5.74, 6) is 0.0440. The van der Waals surface area contributed by atoms with E-state index in [0.29, 0.717) is 55.9 Å². The van der Waals surface area contributed by atoms with E-state index in [2.05, 4.69) is 10.5 Å². The van der Waals surface area contributed by atoms with Gasteiger partial charge in [-0.2, -0.15) is 0 Å². The molecule has 1 unspecified atom stereocenters. The summed E-state index contributed by atoms with van der Waals surface area (Å²) in [6.07, 6.45) is 2.10. The highest BCUT2D eigenvalue weighted by atomic mass is 19.1. The maximum Gasteiger partial charge on any atom is 0.227 e. The summed E-state index contributed by atoms with van der Waals surface area (Å²) in [7, 11) is 0. The zero-order chi connectivity index (χ0) is 19.3. The maximum atomic E-state index is 14.0. The van der Waals surface area contributed by atoms with Crippen molar-refractivity contribution in [2.75, 3.05) is 19.8 Å². The third-order valence-corrected chi connectivity index (χ3v) is 5.20. The zero-order valence-electron chi connectivity index (χ0n) is 15.4. The molecular formula is C20H25FN2O4. The van der Waals surface area contributed by atoms with Gasteiger partial charge in [0.15, 0.2) is 0 Å². The molecule has 0 aliphatic carbocycles. The summed E-state index contributed by atoms with van der Waals surface area (Å²) in [5.41, 5.74) is 0.0872. The molecule has 1 amide bonds. The molecule has 3 rings (SSSR count). The Morgan fingerprint density at radius 3 is 2.78 bits per heavy atom. The number of hydrogen-bond acceptors (Lipinski definition) is 5. The Bertz CT molecular complexity index is 767. The van der Waals surface area contributed by atoms with E-state index < -0.39 is 5.41 Å². The molecule has 2 heterocycles. The van der Waals surface area contributed by atoms with Crippen molar-refractivity contribution in [2.45, 2.75) is 38.6 Å². The molecule has 0 radical (unpaired) electrons. The number of benzene rings is 1. The van der Waals surface area contributed by atoms with E-state index >= 15 is 0 Å². The third kappa shape index (κ3) is 4.36. The number of nitrogens with zero attached hydrogens (tertiary/aromatic N) is 1. The van der Waals surface area contributed by atoms with Gasteiger partial charge in [-0.05, 0) is 31.4 Å². The van der Waals surface area contributed by atoms with Crippen LogP contribution in [0.5, 0.6) is 0 Å². The van der Waals surface area contributed by atoms with Crippen molar-refractivity contribution in [3.63, 3.8) is 0 Å². The number of hydrogen-bond donors (Lipinski definition) is 2. The van der Waals surface area contributed by atoms with Crippen molar-refractivity contribution in [3.05, 3.63) is 41.9 Å². The molecule has 1 aliphatic heterocycles. The number of carbonyl (C=O) groups excluding carboxylic acids is 1. The molecule has 1 atom stereocenters. The van der Waals surface area contributed by atoms with E-state index in [9.17, 15) is 14.3 Å². The lowest BCUT2D eigenvalue weighted by atomic mass is 9.75. The van der Waals surface area contributed by atoms with Crippen LogP contribution in [0, 0.1) is 11.2 Å². The van der Waals surface area contributed by atoms with Crippen LogP contribution < -0.4 is 5.32 Å². The number of aromatic nitrogens is 1. The van der Waals surface area contributed by atoms with Crippen molar-refractivity contribution in [1.29, 1.82) is 0 Å². The van der Waals surface area contributed by atoms with Gasteiger partial charge in [0.25, 0.3) is 0 Å². The largest absolute Gasteiger partial charge is 0.394 e. The molecule has 1 aromatic heterocycles. The fraction of sp³-hybridized carbons (Fsp3) is 0.500. The maximum absolute atomic E-state index is 14.0. The Morgan fingerprint density at radius 1 is 1.37 bits per heavy atom. The summed E-state index contributed by atoms with van der Waals surface area (Å²) in [6.45, 7) is 2.78. The summed E-state index contributed by atoms with van der Waals surface area (Å²) in [5, 5.41) is 16.3. The van der Waals surface area contributed by atoms with Gasteiger partial charge in [0.2, 0.25) is 5.91 Å². The molecule has 0 bridgehead atoms. The monoisotopic (exact) mass is 376 g/mol. The van der Waals surface area contributed by atoms with Crippen LogP contribution in [0.4, 0.5) is 4.39 Å². The lowest BCUT2D eigenvalue weighted by Gasteiger charge is -2.36.